The van der Waals surface area contributed by atoms with Crippen molar-refractivity contribution in [2.45, 2.75) is 26.7 Å². The van der Waals surface area contributed by atoms with Crippen LogP contribution < -0.4 is 10.5 Å². The summed E-state index contributed by atoms with van der Waals surface area (Å²) in [6.07, 6.45) is 2.13. The first kappa shape index (κ1) is 15.0. The second-order valence-corrected chi connectivity index (χ2v) is 5.08. The van der Waals surface area contributed by atoms with Gasteiger partial charge >= 0.3 is 0 Å². The van der Waals surface area contributed by atoms with Crippen molar-refractivity contribution < 1.29 is 9.53 Å². The minimum Gasteiger partial charge on any atom is -0.493 e. The molecular formula is C14H20BrNO2. The number of amides is 1. The average molecular weight is 314 g/mol. The summed E-state index contributed by atoms with van der Waals surface area (Å²) in [7, 11) is 0. The van der Waals surface area contributed by atoms with E-state index in [0.29, 0.717) is 12.2 Å². The molecule has 0 radical (unpaired) electrons. The van der Waals surface area contributed by atoms with Gasteiger partial charge in [-0.2, -0.15) is 0 Å². The van der Waals surface area contributed by atoms with Crippen LogP contribution in [0.5, 0.6) is 5.75 Å². The molecule has 0 fully saturated rings. The Hall–Kier alpha value is -1.03. The largest absolute Gasteiger partial charge is 0.493 e. The van der Waals surface area contributed by atoms with Crippen molar-refractivity contribution in [3.05, 3.63) is 29.8 Å². The van der Waals surface area contributed by atoms with E-state index in [9.17, 15) is 4.79 Å². The normalized spacial score (nSPS) is 11.3. The van der Waals surface area contributed by atoms with E-state index in [1.54, 1.807) is 24.3 Å². The van der Waals surface area contributed by atoms with Gasteiger partial charge in [-0.15, -0.1) is 0 Å². The van der Waals surface area contributed by atoms with Crippen molar-refractivity contribution in [3.63, 3.8) is 0 Å². The van der Waals surface area contributed by atoms with Crippen molar-refractivity contribution in [1.82, 2.24) is 0 Å². The van der Waals surface area contributed by atoms with E-state index < -0.39 is 5.91 Å². The Labute approximate surface area is 117 Å². The van der Waals surface area contributed by atoms with Crippen LogP contribution in [-0.2, 0) is 0 Å². The molecule has 0 aromatic heterocycles. The van der Waals surface area contributed by atoms with Crippen LogP contribution >= 0.6 is 15.9 Å². The molecule has 0 aliphatic heterocycles. The van der Waals surface area contributed by atoms with Gasteiger partial charge < -0.3 is 10.5 Å². The molecule has 1 amide bonds. The molecule has 0 bridgehead atoms. The van der Waals surface area contributed by atoms with E-state index in [2.05, 4.69) is 29.8 Å². The van der Waals surface area contributed by atoms with E-state index >= 15 is 0 Å². The number of primary amides is 1. The van der Waals surface area contributed by atoms with Crippen LogP contribution in [0.25, 0.3) is 0 Å². The molecule has 3 nitrogen and oxygen atoms in total. The number of hydrogen-bond acceptors (Lipinski definition) is 2. The van der Waals surface area contributed by atoms with E-state index in [1.807, 2.05) is 0 Å². The van der Waals surface area contributed by atoms with Crippen LogP contribution in [0, 0.1) is 5.41 Å². The zero-order valence-electron chi connectivity index (χ0n) is 10.9. The molecule has 1 aromatic carbocycles. The number of rotatable bonds is 7. The molecule has 18 heavy (non-hydrogen) atoms. The fraction of sp³-hybridized carbons (Fsp3) is 0.500. The highest BCUT2D eigenvalue weighted by molar-refractivity contribution is 9.09. The second-order valence-electron chi connectivity index (χ2n) is 4.52. The predicted molar refractivity (Wildman–Crippen MR) is 77.3 cm³/mol. The summed E-state index contributed by atoms with van der Waals surface area (Å²) in [6, 6.07) is 6.94. The molecule has 0 aliphatic carbocycles. The van der Waals surface area contributed by atoms with E-state index in [4.69, 9.17) is 10.5 Å². The maximum Gasteiger partial charge on any atom is 0.248 e. The zero-order valence-corrected chi connectivity index (χ0v) is 12.5. The molecule has 1 aromatic rings. The number of ether oxygens (including phenoxy) is 1. The van der Waals surface area contributed by atoms with Gasteiger partial charge in [0.05, 0.1) is 6.61 Å². The molecule has 100 valence electrons. The van der Waals surface area contributed by atoms with Gasteiger partial charge in [-0.25, -0.2) is 0 Å². The summed E-state index contributed by atoms with van der Waals surface area (Å²) < 4.78 is 5.80. The van der Waals surface area contributed by atoms with Crippen LogP contribution in [0.1, 0.15) is 37.0 Å². The lowest BCUT2D eigenvalue weighted by molar-refractivity contribution is 0.1000. The Bertz CT molecular complexity index is 377. The van der Waals surface area contributed by atoms with Crippen molar-refractivity contribution in [2.75, 3.05) is 11.9 Å². The maximum atomic E-state index is 10.9. The highest BCUT2D eigenvalue weighted by Gasteiger charge is 2.25. The molecule has 0 atom stereocenters. The van der Waals surface area contributed by atoms with Gasteiger partial charge in [0.1, 0.15) is 5.75 Å². The number of alkyl halides is 1. The monoisotopic (exact) mass is 313 g/mol. The molecule has 0 saturated carbocycles. The van der Waals surface area contributed by atoms with Crippen molar-refractivity contribution >= 4 is 21.8 Å². The third-order valence-electron chi connectivity index (χ3n) is 3.47. The highest BCUT2D eigenvalue weighted by atomic mass is 79.9. The van der Waals surface area contributed by atoms with Crippen molar-refractivity contribution in [1.29, 1.82) is 0 Å². The first-order chi connectivity index (χ1) is 8.56. The fourth-order valence-electron chi connectivity index (χ4n) is 1.63. The van der Waals surface area contributed by atoms with E-state index in [-0.39, 0.29) is 5.41 Å². The summed E-state index contributed by atoms with van der Waals surface area (Å²) in [5.41, 5.74) is 5.85. The van der Waals surface area contributed by atoms with E-state index in [1.165, 1.54) is 0 Å². The summed E-state index contributed by atoms with van der Waals surface area (Å²) in [6.45, 7) is 5.01. The van der Waals surface area contributed by atoms with Crippen molar-refractivity contribution in [2.24, 2.45) is 11.1 Å². The zero-order chi connectivity index (χ0) is 13.6. The highest BCUT2D eigenvalue weighted by Crippen LogP contribution is 2.29. The molecule has 0 unspecified atom stereocenters. The number of carbonyl (C=O) groups excluding carboxylic acids is 1. The van der Waals surface area contributed by atoms with Gasteiger partial charge in [0.2, 0.25) is 5.91 Å². The Morgan fingerprint density at radius 2 is 1.83 bits per heavy atom. The molecule has 0 aliphatic rings. The topological polar surface area (TPSA) is 52.3 Å². The lowest BCUT2D eigenvalue weighted by Gasteiger charge is -2.29. The molecule has 4 heteroatoms. The molecule has 0 spiro atoms. The Balaban J connectivity index is 2.65. The standard InChI is InChI=1S/C14H20BrNO2/c1-3-14(4-2,9-15)10-18-12-7-5-11(6-8-12)13(16)17/h5-8H,3-4,9-10H2,1-2H3,(H2,16,17). The Kier molecular flexibility index (Phi) is 5.66. The third-order valence-corrected chi connectivity index (χ3v) is 4.66. The van der Waals surface area contributed by atoms with E-state index in [0.717, 1.165) is 23.9 Å². The van der Waals surface area contributed by atoms with Gasteiger partial charge in [0, 0.05) is 16.3 Å². The summed E-state index contributed by atoms with van der Waals surface area (Å²) in [5.74, 6) is 0.352. The number of benzene rings is 1. The van der Waals surface area contributed by atoms with Crippen LogP contribution in [0.2, 0.25) is 0 Å². The molecule has 1 rings (SSSR count). The number of carbonyl (C=O) groups is 1. The van der Waals surface area contributed by atoms with Gasteiger partial charge in [-0.1, -0.05) is 29.8 Å². The lowest BCUT2D eigenvalue weighted by Crippen LogP contribution is -2.29. The SMILES string of the molecule is CCC(CC)(CBr)COc1ccc(C(N)=O)cc1. The van der Waals surface area contributed by atoms with Crippen molar-refractivity contribution in [3.8, 4) is 5.75 Å². The smallest absolute Gasteiger partial charge is 0.248 e. The maximum absolute atomic E-state index is 10.9. The summed E-state index contributed by atoms with van der Waals surface area (Å²) in [4.78, 5) is 10.9. The summed E-state index contributed by atoms with van der Waals surface area (Å²) >= 11 is 3.56. The van der Waals surface area contributed by atoms with Crippen LogP contribution in [0.15, 0.2) is 24.3 Å². The van der Waals surface area contributed by atoms with Gasteiger partial charge in [0.15, 0.2) is 0 Å². The number of nitrogens with two attached hydrogens (primary N) is 1. The first-order valence-corrected chi connectivity index (χ1v) is 7.27. The van der Waals surface area contributed by atoms with Gasteiger partial charge in [-0.05, 0) is 37.1 Å². The predicted octanol–water partition coefficient (Wildman–Crippen LogP) is 3.37. The fourth-order valence-corrected chi connectivity index (χ4v) is 2.59. The number of halogens is 1. The molecule has 0 heterocycles. The first-order valence-electron chi connectivity index (χ1n) is 6.15. The quantitative estimate of drug-likeness (QED) is 0.785. The Morgan fingerprint density at radius 1 is 1.28 bits per heavy atom. The molecular weight excluding hydrogens is 294 g/mol. The molecule has 0 saturated heterocycles. The minimum atomic E-state index is -0.418. The Morgan fingerprint density at radius 3 is 2.22 bits per heavy atom. The lowest BCUT2D eigenvalue weighted by atomic mass is 9.86. The van der Waals surface area contributed by atoms with Gasteiger partial charge in [-0.3, -0.25) is 4.79 Å². The summed E-state index contributed by atoms with van der Waals surface area (Å²) in [5, 5.41) is 0.923. The minimum absolute atomic E-state index is 0.169. The van der Waals surface area contributed by atoms with Crippen LogP contribution in [0.4, 0.5) is 0 Å². The van der Waals surface area contributed by atoms with Gasteiger partial charge in [0.25, 0.3) is 0 Å². The van der Waals surface area contributed by atoms with Crippen LogP contribution in [-0.4, -0.2) is 17.8 Å². The average Bonchev–Trinajstić information content (AvgIpc) is 2.41. The van der Waals surface area contributed by atoms with Crippen LogP contribution in [0.3, 0.4) is 0 Å². The third kappa shape index (κ3) is 3.73. The molecule has 2 N–H and O–H groups in total. The number of hydrogen-bond donors (Lipinski definition) is 1. The second kappa shape index (κ2) is 6.78.